The molecule has 1 aromatic rings. The van der Waals surface area contributed by atoms with Crippen molar-refractivity contribution in [2.75, 3.05) is 19.8 Å². The monoisotopic (exact) mass is 342 g/mol. The van der Waals surface area contributed by atoms with Crippen molar-refractivity contribution in [1.29, 1.82) is 0 Å². The number of hydrogen-bond donors (Lipinski definition) is 1. The number of aromatic nitrogens is 1. The van der Waals surface area contributed by atoms with Crippen LogP contribution in [0.3, 0.4) is 0 Å². The van der Waals surface area contributed by atoms with Gasteiger partial charge in [0.25, 0.3) is 5.91 Å². The van der Waals surface area contributed by atoms with Crippen LogP contribution in [0.1, 0.15) is 43.6 Å². The summed E-state index contributed by atoms with van der Waals surface area (Å²) in [6, 6.07) is 1.89. The van der Waals surface area contributed by atoms with Gasteiger partial charge < -0.3 is 14.6 Å². The van der Waals surface area contributed by atoms with E-state index >= 15 is 0 Å². The highest BCUT2D eigenvalue weighted by Gasteiger charge is 2.28. The lowest BCUT2D eigenvalue weighted by Gasteiger charge is -2.33. The molecule has 1 N–H and O–H groups in total. The summed E-state index contributed by atoms with van der Waals surface area (Å²) in [5.41, 5.74) is 0.891. The smallest absolute Gasteiger partial charge is 0.267 e. The predicted molar refractivity (Wildman–Crippen MR) is 82.9 cm³/mol. The van der Waals surface area contributed by atoms with Crippen molar-refractivity contribution < 1.29 is 9.53 Å². The molecule has 0 radical (unpaired) electrons. The number of hydrogen-bond acceptors (Lipinski definition) is 2. The maximum atomic E-state index is 12.4. The van der Waals surface area contributed by atoms with Crippen LogP contribution in [-0.2, 0) is 11.3 Å². The Hall–Kier alpha value is -0.810. The standard InChI is InChI=1S/C15H23BrN2O2/c1-3-6-18-10-12(16)9-13(18)14(19)17-11-15(2)4-7-20-8-5-15/h9-10H,3-8,11H2,1-2H3,(H,17,19). The fraction of sp³-hybridized carbons (Fsp3) is 0.667. The molecule has 1 aliphatic heterocycles. The van der Waals surface area contributed by atoms with Crippen molar-refractivity contribution >= 4 is 21.8 Å². The average Bonchev–Trinajstić information content (AvgIpc) is 2.79. The molecule has 1 saturated heterocycles. The summed E-state index contributed by atoms with van der Waals surface area (Å²) in [6.07, 6.45) is 4.99. The van der Waals surface area contributed by atoms with Crippen LogP contribution in [0.25, 0.3) is 0 Å². The first kappa shape index (κ1) is 15.6. The van der Waals surface area contributed by atoms with Gasteiger partial charge in [0.2, 0.25) is 0 Å². The fourth-order valence-corrected chi connectivity index (χ4v) is 2.98. The van der Waals surface area contributed by atoms with E-state index in [1.165, 1.54) is 0 Å². The molecule has 1 aliphatic rings. The SMILES string of the molecule is CCCn1cc(Br)cc1C(=O)NCC1(C)CCOCC1. The molecule has 5 heteroatoms. The number of amides is 1. The Bertz CT molecular complexity index is 464. The minimum absolute atomic E-state index is 0.0110. The quantitative estimate of drug-likeness (QED) is 0.892. The van der Waals surface area contributed by atoms with Crippen LogP contribution in [0.15, 0.2) is 16.7 Å². The van der Waals surface area contributed by atoms with Crippen LogP contribution in [0.2, 0.25) is 0 Å². The number of aryl methyl sites for hydroxylation is 1. The number of halogens is 1. The molecule has 2 heterocycles. The number of carbonyl (C=O) groups is 1. The zero-order valence-electron chi connectivity index (χ0n) is 12.2. The first-order valence-electron chi connectivity index (χ1n) is 7.26. The van der Waals surface area contributed by atoms with Crippen LogP contribution >= 0.6 is 15.9 Å². The Labute approximate surface area is 129 Å². The Balaban J connectivity index is 1.97. The third-order valence-electron chi connectivity index (χ3n) is 3.94. The van der Waals surface area contributed by atoms with Gasteiger partial charge in [-0.15, -0.1) is 0 Å². The minimum atomic E-state index is 0.0110. The van der Waals surface area contributed by atoms with Crippen molar-refractivity contribution in [2.24, 2.45) is 5.41 Å². The molecular formula is C15H23BrN2O2. The van der Waals surface area contributed by atoms with E-state index in [-0.39, 0.29) is 11.3 Å². The highest BCUT2D eigenvalue weighted by molar-refractivity contribution is 9.10. The number of carbonyl (C=O) groups excluding carboxylic acids is 1. The lowest BCUT2D eigenvalue weighted by Crippen LogP contribution is -2.39. The molecule has 2 rings (SSSR count). The Morgan fingerprint density at radius 3 is 2.85 bits per heavy atom. The fourth-order valence-electron chi connectivity index (χ4n) is 2.52. The highest BCUT2D eigenvalue weighted by Crippen LogP contribution is 2.28. The molecule has 0 aromatic carbocycles. The third-order valence-corrected chi connectivity index (χ3v) is 4.37. The van der Waals surface area contributed by atoms with Crippen molar-refractivity contribution in [2.45, 2.75) is 39.7 Å². The zero-order valence-corrected chi connectivity index (χ0v) is 13.8. The van der Waals surface area contributed by atoms with Gasteiger partial charge in [0.1, 0.15) is 5.69 Å². The van der Waals surface area contributed by atoms with E-state index in [1.54, 1.807) is 0 Å². The van der Waals surface area contributed by atoms with Crippen molar-refractivity contribution in [3.8, 4) is 0 Å². The molecule has 0 spiro atoms. The lowest BCUT2D eigenvalue weighted by atomic mass is 9.82. The van der Waals surface area contributed by atoms with E-state index in [9.17, 15) is 4.79 Å². The Morgan fingerprint density at radius 1 is 1.50 bits per heavy atom. The van der Waals surface area contributed by atoms with Gasteiger partial charge in [0, 0.05) is 37.0 Å². The van der Waals surface area contributed by atoms with E-state index in [2.05, 4.69) is 35.1 Å². The van der Waals surface area contributed by atoms with Crippen molar-refractivity contribution in [3.05, 3.63) is 22.4 Å². The third kappa shape index (κ3) is 3.85. The second kappa shape index (κ2) is 6.76. The summed E-state index contributed by atoms with van der Waals surface area (Å²) in [5, 5.41) is 3.09. The highest BCUT2D eigenvalue weighted by atomic mass is 79.9. The van der Waals surface area contributed by atoms with Gasteiger partial charge in [0.05, 0.1) is 0 Å². The van der Waals surface area contributed by atoms with Crippen LogP contribution in [0, 0.1) is 5.41 Å². The van der Waals surface area contributed by atoms with Crippen LogP contribution in [-0.4, -0.2) is 30.2 Å². The second-order valence-electron chi connectivity index (χ2n) is 5.84. The van der Waals surface area contributed by atoms with Gasteiger partial charge in [-0.1, -0.05) is 13.8 Å². The molecule has 0 bridgehead atoms. The van der Waals surface area contributed by atoms with E-state index in [0.29, 0.717) is 6.54 Å². The van der Waals surface area contributed by atoms with Crippen LogP contribution in [0.5, 0.6) is 0 Å². The normalized spacial score (nSPS) is 17.9. The maximum Gasteiger partial charge on any atom is 0.267 e. The molecule has 1 aromatic heterocycles. The molecule has 0 aliphatic carbocycles. The molecule has 0 saturated carbocycles. The number of nitrogens with one attached hydrogen (secondary N) is 1. The summed E-state index contributed by atoms with van der Waals surface area (Å²) in [5.74, 6) is 0.0110. The summed E-state index contributed by atoms with van der Waals surface area (Å²) < 4.78 is 8.35. The van der Waals surface area contributed by atoms with Crippen LogP contribution in [0.4, 0.5) is 0 Å². The molecule has 1 fully saturated rings. The summed E-state index contributed by atoms with van der Waals surface area (Å²) >= 11 is 3.44. The summed E-state index contributed by atoms with van der Waals surface area (Å²) in [4.78, 5) is 12.4. The Kier molecular flexibility index (Phi) is 5.27. The Morgan fingerprint density at radius 2 is 2.20 bits per heavy atom. The van der Waals surface area contributed by atoms with Gasteiger partial charge in [-0.05, 0) is 46.7 Å². The van der Waals surface area contributed by atoms with E-state index in [4.69, 9.17) is 4.74 Å². The number of nitrogens with zero attached hydrogens (tertiary/aromatic N) is 1. The van der Waals surface area contributed by atoms with Gasteiger partial charge in [-0.2, -0.15) is 0 Å². The second-order valence-corrected chi connectivity index (χ2v) is 6.76. The van der Waals surface area contributed by atoms with E-state index < -0.39 is 0 Å². The molecule has 1 amide bonds. The summed E-state index contributed by atoms with van der Waals surface area (Å²) in [6.45, 7) is 7.49. The van der Waals surface area contributed by atoms with Gasteiger partial charge >= 0.3 is 0 Å². The molecule has 112 valence electrons. The largest absolute Gasteiger partial charge is 0.381 e. The molecule has 0 atom stereocenters. The first-order valence-corrected chi connectivity index (χ1v) is 8.05. The number of ether oxygens (including phenoxy) is 1. The van der Waals surface area contributed by atoms with E-state index in [0.717, 1.165) is 49.2 Å². The molecule has 0 unspecified atom stereocenters. The van der Waals surface area contributed by atoms with E-state index in [1.807, 2.05) is 16.8 Å². The average molecular weight is 343 g/mol. The van der Waals surface area contributed by atoms with Gasteiger partial charge in [-0.3, -0.25) is 4.79 Å². The molecule has 4 nitrogen and oxygen atoms in total. The topological polar surface area (TPSA) is 43.3 Å². The van der Waals surface area contributed by atoms with Crippen molar-refractivity contribution in [3.63, 3.8) is 0 Å². The van der Waals surface area contributed by atoms with Crippen LogP contribution < -0.4 is 5.32 Å². The lowest BCUT2D eigenvalue weighted by molar-refractivity contribution is 0.0238. The predicted octanol–water partition coefficient (Wildman–Crippen LogP) is 3.21. The first-order chi connectivity index (χ1) is 9.54. The molecular weight excluding hydrogens is 320 g/mol. The van der Waals surface area contributed by atoms with Gasteiger partial charge in [-0.25, -0.2) is 0 Å². The minimum Gasteiger partial charge on any atom is -0.381 e. The summed E-state index contributed by atoms with van der Waals surface area (Å²) in [7, 11) is 0. The van der Waals surface area contributed by atoms with Gasteiger partial charge in [0.15, 0.2) is 0 Å². The number of rotatable bonds is 5. The maximum absolute atomic E-state index is 12.4. The zero-order chi connectivity index (χ0) is 14.6. The van der Waals surface area contributed by atoms with Crippen molar-refractivity contribution in [1.82, 2.24) is 9.88 Å². The molecule has 20 heavy (non-hydrogen) atoms.